The summed E-state index contributed by atoms with van der Waals surface area (Å²) >= 11 is 0. The van der Waals surface area contributed by atoms with Gasteiger partial charge in [-0.3, -0.25) is 0 Å². The molecule has 0 unspecified atom stereocenters. The van der Waals surface area contributed by atoms with Gasteiger partial charge in [0.2, 0.25) is 0 Å². The second kappa shape index (κ2) is 6.79. The van der Waals surface area contributed by atoms with E-state index in [2.05, 4.69) is 26.1 Å². The molecule has 0 bridgehead atoms. The van der Waals surface area contributed by atoms with E-state index in [0.717, 1.165) is 25.3 Å². The van der Waals surface area contributed by atoms with Crippen molar-refractivity contribution in [3.8, 4) is 0 Å². The topological polar surface area (TPSA) is 32.3 Å². The van der Waals surface area contributed by atoms with Crippen molar-refractivity contribution in [2.75, 3.05) is 6.54 Å². The Labute approximate surface area is 125 Å². The summed E-state index contributed by atoms with van der Waals surface area (Å²) in [7, 11) is 0. The number of rotatable bonds is 5. The molecule has 2 N–H and O–H groups in total. The van der Waals surface area contributed by atoms with Crippen LogP contribution in [0.5, 0.6) is 0 Å². The molecular weight excluding hydrogens is 246 g/mol. The minimum atomic E-state index is -0.405. The van der Waals surface area contributed by atoms with Gasteiger partial charge in [0, 0.05) is 12.6 Å². The van der Waals surface area contributed by atoms with Crippen LogP contribution in [-0.4, -0.2) is 23.3 Å². The van der Waals surface area contributed by atoms with Gasteiger partial charge in [0.1, 0.15) is 0 Å². The number of aliphatic hydroxyl groups is 1. The molecule has 0 aliphatic heterocycles. The second-order valence-corrected chi connectivity index (χ2v) is 8.06. The first-order valence-electron chi connectivity index (χ1n) is 8.91. The van der Waals surface area contributed by atoms with Crippen molar-refractivity contribution in [1.82, 2.24) is 5.32 Å². The fraction of sp³-hybridized carbons (Fsp3) is 1.00. The van der Waals surface area contributed by atoms with Gasteiger partial charge >= 0.3 is 0 Å². The predicted octanol–water partition coefficient (Wildman–Crippen LogP) is 4.27. The molecule has 2 fully saturated rings. The standard InChI is InChI=1S/C18H35NO/c1-4-17(2,3)15-8-10-16(11-9-15)19-14-18(20)12-6-5-7-13-18/h15-16,19-20H,4-14H2,1-3H3. The maximum Gasteiger partial charge on any atom is 0.0771 e. The number of hydrogen-bond acceptors (Lipinski definition) is 2. The van der Waals surface area contributed by atoms with Crippen molar-refractivity contribution in [2.24, 2.45) is 11.3 Å². The molecule has 118 valence electrons. The summed E-state index contributed by atoms with van der Waals surface area (Å²) in [6.07, 6.45) is 12.3. The number of nitrogens with one attached hydrogen (secondary N) is 1. The average Bonchev–Trinajstić information content (AvgIpc) is 2.46. The Morgan fingerprint density at radius 1 is 1.05 bits per heavy atom. The molecule has 0 aromatic heterocycles. The molecule has 2 aliphatic rings. The van der Waals surface area contributed by atoms with Crippen molar-refractivity contribution < 1.29 is 5.11 Å². The molecule has 2 aliphatic carbocycles. The Bertz CT molecular complexity index is 286. The molecule has 2 saturated carbocycles. The third-order valence-corrected chi connectivity index (χ3v) is 6.25. The zero-order valence-electron chi connectivity index (χ0n) is 13.9. The van der Waals surface area contributed by atoms with E-state index >= 15 is 0 Å². The predicted molar refractivity (Wildman–Crippen MR) is 85.9 cm³/mol. The van der Waals surface area contributed by atoms with E-state index in [1.165, 1.54) is 51.4 Å². The molecule has 0 heterocycles. The molecule has 20 heavy (non-hydrogen) atoms. The fourth-order valence-corrected chi connectivity index (χ4v) is 4.09. The lowest BCUT2D eigenvalue weighted by Crippen LogP contribution is -2.47. The monoisotopic (exact) mass is 281 g/mol. The van der Waals surface area contributed by atoms with Crippen LogP contribution < -0.4 is 5.32 Å². The highest BCUT2D eigenvalue weighted by molar-refractivity contribution is 4.89. The molecule has 2 heteroatoms. The van der Waals surface area contributed by atoms with Gasteiger partial charge in [-0.1, -0.05) is 46.5 Å². The van der Waals surface area contributed by atoms with Crippen molar-refractivity contribution in [2.45, 2.75) is 96.6 Å². The third-order valence-electron chi connectivity index (χ3n) is 6.25. The Balaban J connectivity index is 1.72. The Morgan fingerprint density at radius 2 is 1.65 bits per heavy atom. The van der Waals surface area contributed by atoms with Crippen LogP contribution in [0.3, 0.4) is 0 Å². The van der Waals surface area contributed by atoms with Gasteiger partial charge in [0.25, 0.3) is 0 Å². The molecular formula is C18H35NO. The molecule has 2 rings (SSSR count). The van der Waals surface area contributed by atoms with Gasteiger partial charge in [-0.2, -0.15) is 0 Å². The first-order valence-corrected chi connectivity index (χ1v) is 8.91. The van der Waals surface area contributed by atoms with Crippen LogP contribution in [0.1, 0.15) is 85.0 Å². The van der Waals surface area contributed by atoms with Gasteiger partial charge in [-0.05, 0) is 49.9 Å². The number of hydrogen-bond donors (Lipinski definition) is 2. The smallest absolute Gasteiger partial charge is 0.0771 e. The van der Waals surface area contributed by atoms with E-state index in [1.54, 1.807) is 0 Å². The second-order valence-electron chi connectivity index (χ2n) is 8.06. The summed E-state index contributed by atoms with van der Waals surface area (Å²) in [5.41, 5.74) is 0.102. The zero-order chi connectivity index (χ0) is 14.6. The van der Waals surface area contributed by atoms with Gasteiger partial charge in [0.15, 0.2) is 0 Å². The SMILES string of the molecule is CCC(C)(C)C1CCC(NCC2(O)CCCCC2)CC1. The van der Waals surface area contributed by atoms with E-state index < -0.39 is 5.60 Å². The van der Waals surface area contributed by atoms with Gasteiger partial charge in [0.05, 0.1) is 5.60 Å². The third kappa shape index (κ3) is 4.21. The van der Waals surface area contributed by atoms with E-state index in [4.69, 9.17) is 0 Å². The van der Waals surface area contributed by atoms with Crippen LogP contribution in [0.15, 0.2) is 0 Å². The molecule has 2 nitrogen and oxygen atoms in total. The Hall–Kier alpha value is -0.0800. The average molecular weight is 281 g/mol. The Morgan fingerprint density at radius 3 is 2.20 bits per heavy atom. The normalized spacial score (nSPS) is 31.2. The van der Waals surface area contributed by atoms with Crippen LogP contribution >= 0.6 is 0 Å². The van der Waals surface area contributed by atoms with Crippen LogP contribution in [0.4, 0.5) is 0 Å². The minimum absolute atomic E-state index is 0.405. The van der Waals surface area contributed by atoms with Gasteiger partial charge < -0.3 is 10.4 Å². The van der Waals surface area contributed by atoms with Crippen LogP contribution in [0.25, 0.3) is 0 Å². The van der Waals surface area contributed by atoms with E-state index in [1.807, 2.05) is 0 Å². The minimum Gasteiger partial charge on any atom is -0.389 e. The highest BCUT2D eigenvalue weighted by Crippen LogP contribution is 2.40. The van der Waals surface area contributed by atoms with Gasteiger partial charge in [-0.25, -0.2) is 0 Å². The highest BCUT2D eigenvalue weighted by Gasteiger charge is 2.33. The first kappa shape index (κ1) is 16.3. The summed E-state index contributed by atoms with van der Waals surface area (Å²) in [6, 6.07) is 0.643. The van der Waals surface area contributed by atoms with Crippen molar-refractivity contribution in [3.63, 3.8) is 0 Å². The molecule has 0 spiro atoms. The van der Waals surface area contributed by atoms with Crippen molar-refractivity contribution in [3.05, 3.63) is 0 Å². The molecule has 0 aromatic rings. The molecule has 0 radical (unpaired) electrons. The maximum atomic E-state index is 10.6. The van der Waals surface area contributed by atoms with E-state index in [-0.39, 0.29) is 0 Å². The Kier molecular flexibility index (Phi) is 5.53. The summed E-state index contributed by atoms with van der Waals surface area (Å²) < 4.78 is 0. The van der Waals surface area contributed by atoms with Crippen LogP contribution in [-0.2, 0) is 0 Å². The lowest BCUT2D eigenvalue weighted by molar-refractivity contribution is 0.000327. The lowest BCUT2D eigenvalue weighted by Gasteiger charge is -2.40. The summed E-state index contributed by atoms with van der Waals surface area (Å²) in [5, 5.41) is 14.2. The maximum absolute atomic E-state index is 10.6. The largest absolute Gasteiger partial charge is 0.389 e. The van der Waals surface area contributed by atoms with Gasteiger partial charge in [-0.15, -0.1) is 0 Å². The zero-order valence-corrected chi connectivity index (χ0v) is 13.9. The highest BCUT2D eigenvalue weighted by atomic mass is 16.3. The lowest BCUT2D eigenvalue weighted by atomic mass is 9.69. The van der Waals surface area contributed by atoms with Crippen molar-refractivity contribution >= 4 is 0 Å². The summed E-state index contributed by atoms with van der Waals surface area (Å²) in [5.74, 6) is 0.892. The summed E-state index contributed by atoms with van der Waals surface area (Å²) in [6.45, 7) is 7.99. The summed E-state index contributed by atoms with van der Waals surface area (Å²) in [4.78, 5) is 0. The molecule has 0 amide bonds. The first-order chi connectivity index (χ1) is 9.45. The fourth-order valence-electron chi connectivity index (χ4n) is 4.09. The quantitative estimate of drug-likeness (QED) is 0.789. The molecule has 0 atom stereocenters. The van der Waals surface area contributed by atoms with E-state index in [0.29, 0.717) is 11.5 Å². The van der Waals surface area contributed by atoms with E-state index in [9.17, 15) is 5.11 Å². The molecule has 0 saturated heterocycles. The van der Waals surface area contributed by atoms with Crippen LogP contribution in [0.2, 0.25) is 0 Å². The van der Waals surface area contributed by atoms with Crippen molar-refractivity contribution in [1.29, 1.82) is 0 Å². The molecule has 0 aromatic carbocycles. The van der Waals surface area contributed by atoms with Crippen LogP contribution in [0, 0.1) is 11.3 Å².